The quantitative estimate of drug-likeness (QED) is 0.333. The van der Waals surface area contributed by atoms with E-state index in [1.54, 1.807) is 23.2 Å². The Labute approximate surface area is 201 Å². The third-order valence-corrected chi connectivity index (χ3v) is 6.10. The molecule has 0 unspecified atom stereocenters. The fourth-order valence-electron chi connectivity index (χ4n) is 3.99. The van der Waals surface area contributed by atoms with Crippen molar-refractivity contribution in [2.24, 2.45) is 0 Å². The SMILES string of the molecule is O=C(Nc1ccc2cc(Br)ccc2c1)N1CCn2ncc(-c3ccc(OC(F)(F)F)cc3)c2C1. The number of nitrogens with zero attached hydrogens (tertiary/aromatic N) is 3. The predicted molar refractivity (Wildman–Crippen MR) is 125 cm³/mol. The van der Waals surface area contributed by atoms with Gasteiger partial charge >= 0.3 is 12.4 Å². The van der Waals surface area contributed by atoms with Gasteiger partial charge in [0.05, 0.1) is 25.0 Å². The minimum Gasteiger partial charge on any atom is -0.406 e. The highest BCUT2D eigenvalue weighted by atomic mass is 79.9. The molecule has 2 heterocycles. The van der Waals surface area contributed by atoms with Crippen LogP contribution in [-0.2, 0) is 13.1 Å². The van der Waals surface area contributed by atoms with Crippen molar-refractivity contribution < 1.29 is 22.7 Å². The monoisotopic (exact) mass is 530 g/mol. The van der Waals surface area contributed by atoms with Crippen LogP contribution < -0.4 is 10.1 Å². The van der Waals surface area contributed by atoms with Crippen molar-refractivity contribution in [3.63, 3.8) is 0 Å². The molecule has 0 spiro atoms. The van der Waals surface area contributed by atoms with Gasteiger partial charge in [0.25, 0.3) is 0 Å². The number of nitrogens with one attached hydrogen (secondary N) is 1. The molecular formula is C24H18BrF3N4O2. The summed E-state index contributed by atoms with van der Waals surface area (Å²) < 4.78 is 44.0. The number of urea groups is 1. The van der Waals surface area contributed by atoms with Gasteiger partial charge in [-0.15, -0.1) is 13.2 Å². The minimum absolute atomic E-state index is 0.233. The van der Waals surface area contributed by atoms with E-state index < -0.39 is 6.36 Å². The number of benzene rings is 3. The van der Waals surface area contributed by atoms with E-state index in [1.807, 2.05) is 41.1 Å². The van der Waals surface area contributed by atoms with Crippen LogP contribution in [0.1, 0.15) is 5.69 Å². The Morgan fingerprint density at radius 3 is 2.50 bits per heavy atom. The molecule has 0 radical (unpaired) electrons. The third kappa shape index (κ3) is 4.72. The van der Waals surface area contributed by atoms with Gasteiger partial charge < -0.3 is 15.0 Å². The minimum atomic E-state index is -4.74. The summed E-state index contributed by atoms with van der Waals surface area (Å²) in [7, 11) is 0. The van der Waals surface area contributed by atoms with Crippen LogP contribution in [0.5, 0.6) is 5.75 Å². The van der Waals surface area contributed by atoms with Gasteiger partial charge in [0, 0.05) is 22.3 Å². The van der Waals surface area contributed by atoms with E-state index in [4.69, 9.17) is 0 Å². The summed E-state index contributed by atoms with van der Waals surface area (Å²) in [5.74, 6) is -0.291. The smallest absolute Gasteiger partial charge is 0.406 e. The first-order chi connectivity index (χ1) is 16.2. The highest BCUT2D eigenvalue weighted by Crippen LogP contribution is 2.30. The number of amides is 2. The van der Waals surface area contributed by atoms with Crippen molar-refractivity contribution in [2.75, 3.05) is 11.9 Å². The summed E-state index contributed by atoms with van der Waals surface area (Å²) in [4.78, 5) is 14.7. The summed E-state index contributed by atoms with van der Waals surface area (Å²) in [6.45, 7) is 1.32. The second kappa shape index (κ2) is 8.68. The van der Waals surface area contributed by atoms with Crippen LogP contribution in [0.4, 0.5) is 23.7 Å². The fourth-order valence-corrected chi connectivity index (χ4v) is 4.37. The van der Waals surface area contributed by atoms with Gasteiger partial charge in [-0.2, -0.15) is 5.10 Å². The van der Waals surface area contributed by atoms with Gasteiger partial charge in [-0.05, 0) is 52.7 Å². The van der Waals surface area contributed by atoms with Gasteiger partial charge in [-0.3, -0.25) is 4.68 Å². The number of carbonyl (C=O) groups is 1. The maximum Gasteiger partial charge on any atom is 0.573 e. The number of fused-ring (bicyclic) bond motifs is 2. The van der Waals surface area contributed by atoms with Crippen LogP contribution in [0.25, 0.3) is 21.9 Å². The molecule has 4 aromatic rings. The Morgan fingerprint density at radius 2 is 1.74 bits per heavy atom. The van der Waals surface area contributed by atoms with Gasteiger partial charge in [-0.1, -0.05) is 40.2 Å². The molecule has 1 N–H and O–H groups in total. The Hall–Kier alpha value is -3.53. The molecule has 6 nitrogen and oxygen atoms in total. The van der Waals surface area contributed by atoms with E-state index in [9.17, 15) is 18.0 Å². The van der Waals surface area contributed by atoms with Crippen molar-refractivity contribution in [1.29, 1.82) is 0 Å². The van der Waals surface area contributed by atoms with Gasteiger partial charge in [0.1, 0.15) is 5.75 Å². The van der Waals surface area contributed by atoms with Crippen molar-refractivity contribution in [1.82, 2.24) is 14.7 Å². The van der Waals surface area contributed by atoms with Gasteiger partial charge in [0.15, 0.2) is 0 Å². The van der Waals surface area contributed by atoms with Gasteiger partial charge in [-0.25, -0.2) is 4.79 Å². The van der Waals surface area contributed by atoms with Crippen LogP contribution >= 0.6 is 15.9 Å². The number of rotatable bonds is 3. The Morgan fingerprint density at radius 1 is 1.00 bits per heavy atom. The summed E-state index contributed by atoms with van der Waals surface area (Å²) >= 11 is 3.46. The van der Waals surface area contributed by atoms with Crippen LogP contribution in [0.3, 0.4) is 0 Å². The van der Waals surface area contributed by atoms with E-state index in [0.717, 1.165) is 26.5 Å². The molecule has 34 heavy (non-hydrogen) atoms. The van der Waals surface area contributed by atoms with Gasteiger partial charge in [0.2, 0.25) is 0 Å². The summed E-state index contributed by atoms with van der Waals surface area (Å²) in [6.07, 6.45) is -3.08. The maximum absolute atomic E-state index is 13.0. The number of aromatic nitrogens is 2. The number of ether oxygens (including phenoxy) is 1. The van der Waals surface area contributed by atoms with Crippen molar-refractivity contribution in [3.8, 4) is 16.9 Å². The molecule has 0 saturated heterocycles. The Kier molecular flexibility index (Phi) is 5.68. The van der Waals surface area contributed by atoms with E-state index >= 15 is 0 Å². The molecule has 1 aliphatic heterocycles. The standard InChI is InChI=1S/C24H18BrF3N4O2/c25-18-5-1-17-12-19(6-2-16(17)11-18)30-23(33)31-9-10-32-22(14-31)21(13-29-32)15-3-7-20(8-4-15)34-24(26,27)28/h1-8,11-13H,9-10,14H2,(H,30,33). The highest BCUT2D eigenvalue weighted by molar-refractivity contribution is 9.10. The topological polar surface area (TPSA) is 59.4 Å². The zero-order valence-corrected chi connectivity index (χ0v) is 19.2. The largest absolute Gasteiger partial charge is 0.573 e. The van der Waals surface area contributed by atoms with Crippen molar-refractivity contribution in [2.45, 2.75) is 19.5 Å². The lowest BCUT2D eigenvalue weighted by Crippen LogP contribution is -2.41. The van der Waals surface area contributed by atoms with Crippen molar-refractivity contribution >= 4 is 38.4 Å². The summed E-state index contributed by atoms with van der Waals surface area (Å²) in [6, 6.07) is 17.0. The number of halogens is 4. The molecule has 174 valence electrons. The summed E-state index contributed by atoms with van der Waals surface area (Å²) in [5, 5.41) is 9.40. The first-order valence-corrected chi connectivity index (χ1v) is 11.2. The summed E-state index contributed by atoms with van der Waals surface area (Å²) in [5.41, 5.74) is 2.96. The maximum atomic E-state index is 13.0. The third-order valence-electron chi connectivity index (χ3n) is 5.61. The van der Waals surface area contributed by atoms with Crippen LogP contribution in [0, 0.1) is 0 Å². The second-order valence-corrected chi connectivity index (χ2v) is 8.77. The molecule has 2 amide bonds. The van der Waals surface area contributed by atoms with E-state index in [0.29, 0.717) is 30.9 Å². The average molecular weight is 531 g/mol. The molecule has 0 aliphatic carbocycles. The zero-order valence-electron chi connectivity index (χ0n) is 17.6. The number of carbonyl (C=O) groups excluding carboxylic acids is 1. The lowest BCUT2D eigenvalue weighted by Gasteiger charge is -2.28. The molecule has 0 fully saturated rings. The normalized spacial score (nSPS) is 13.6. The molecule has 5 rings (SSSR count). The molecule has 0 bridgehead atoms. The number of hydrogen-bond donors (Lipinski definition) is 1. The predicted octanol–water partition coefficient (Wildman–Crippen LogP) is 6.41. The number of hydrogen-bond acceptors (Lipinski definition) is 3. The molecular weight excluding hydrogens is 513 g/mol. The zero-order chi connectivity index (χ0) is 23.9. The molecule has 0 saturated carbocycles. The van der Waals surface area contributed by atoms with E-state index in [-0.39, 0.29) is 11.8 Å². The molecule has 1 aliphatic rings. The molecule has 1 aromatic heterocycles. The molecule has 3 aromatic carbocycles. The van der Waals surface area contributed by atoms with Crippen LogP contribution in [-0.4, -0.2) is 33.6 Å². The van der Waals surface area contributed by atoms with Crippen LogP contribution in [0.2, 0.25) is 0 Å². The molecule has 10 heteroatoms. The first kappa shape index (κ1) is 22.3. The van der Waals surface area contributed by atoms with E-state index in [2.05, 4.69) is 31.1 Å². The Bertz CT molecular complexity index is 1370. The van der Waals surface area contributed by atoms with Crippen molar-refractivity contribution in [3.05, 3.63) is 77.0 Å². The first-order valence-electron chi connectivity index (χ1n) is 10.4. The average Bonchev–Trinajstić information content (AvgIpc) is 3.22. The number of alkyl halides is 3. The van der Waals surface area contributed by atoms with Crippen LogP contribution in [0.15, 0.2) is 71.3 Å². The lowest BCUT2D eigenvalue weighted by molar-refractivity contribution is -0.274. The Balaban J connectivity index is 1.32. The number of anilines is 1. The second-order valence-electron chi connectivity index (χ2n) is 7.86. The molecule has 0 atom stereocenters. The fraction of sp³-hybridized carbons (Fsp3) is 0.167. The van der Waals surface area contributed by atoms with E-state index in [1.165, 1.54) is 12.1 Å². The lowest BCUT2D eigenvalue weighted by atomic mass is 10.1. The highest BCUT2D eigenvalue weighted by Gasteiger charge is 2.31.